The second-order valence-corrected chi connectivity index (χ2v) is 8.79. The molecule has 0 spiro atoms. The average molecular weight is 441 g/mol. The number of carbonyl (C=O) groups excluding carboxylic acids is 2. The third-order valence-corrected chi connectivity index (χ3v) is 6.48. The van der Waals surface area contributed by atoms with E-state index in [0.717, 1.165) is 30.4 Å². The van der Waals surface area contributed by atoms with Gasteiger partial charge in [0.25, 0.3) is 0 Å². The van der Waals surface area contributed by atoms with Crippen molar-refractivity contribution in [2.45, 2.75) is 44.1 Å². The molecule has 1 aliphatic rings. The third kappa shape index (κ3) is 6.55. The van der Waals surface area contributed by atoms with Gasteiger partial charge in [0.2, 0.25) is 11.8 Å². The molecule has 3 aromatic carbocycles. The van der Waals surface area contributed by atoms with Gasteiger partial charge in [-0.2, -0.15) is 0 Å². The van der Waals surface area contributed by atoms with E-state index in [9.17, 15) is 9.59 Å². The van der Waals surface area contributed by atoms with Crippen LogP contribution in [0.1, 0.15) is 48.3 Å². The molecule has 2 amide bonds. The number of hydrogen-bond acceptors (Lipinski definition) is 2. The zero-order valence-electron chi connectivity index (χ0n) is 19.0. The van der Waals surface area contributed by atoms with Crippen LogP contribution in [0.2, 0.25) is 0 Å². The molecule has 1 saturated heterocycles. The van der Waals surface area contributed by atoms with Gasteiger partial charge in [-0.25, -0.2) is 0 Å². The van der Waals surface area contributed by atoms with Crippen LogP contribution in [-0.2, 0) is 16.0 Å². The van der Waals surface area contributed by atoms with Gasteiger partial charge in [0, 0.05) is 37.9 Å². The van der Waals surface area contributed by atoms with Gasteiger partial charge in [-0.3, -0.25) is 9.59 Å². The first-order valence-electron chi connectivity index (χ1n) is 11.9. The summed E-state index contributed by atoms with van der Waals surface area (Å²) in [6.45, 7) is 1.39. The molecule has 1 fully saturated rings. The smallest absolute Gasteiger partial charge is 0.223 e. The Labute approximate surface area is 196 Å². The highest BCUT2D eigenvalue weighted by atomic mass is 16.2. The Kier molecular flexibility index (Phi) is 7.91. The Balaban J connectivity index is 1.28. The van der Waals surface area contributed by atoms with Crippen molar-refractivity contribution in [3.8, 4) is 0 Å². The van der Waals surface area contributed by atoms with Gasteiger partial charge in [-0.1, -0.05) is 91.0 Å². The molecule has 1 N–H and O–H groups in total. The van der Waals surface area contributed by atoms with Gasteiger partial charge in [0.15, 0.2) is 0 Å². The molecule has 3 aromatic rings. The van der Waals surface area contributed by atoms with Gasteiger partial charge in [-0.05, 0) is 36.0 Å². The zero-order chi connectivity index (χ0) is 22.9. The largest absolute Gasteiger partial charge is 0.353 e. The minimum Gasteiger partial charge on any atom is -0.353 e. The molecule has 33 heavy (non-hydrogen) atoms. The van der Waals surface area contributed by atoms with Gasteiger partial charge in [0.1, 0.15) is 0 Å². The Morgan fingerprint density at radius 2 is 1.30 bits per heavy atom. The number of likely N-dealkylation sites (tertiary alicyclic amines) is 1. The minimum atomic E-state index is 0.0512. The van der Waals surface area contributed by atoms with Crippen LogP contribution in [0, 0.1) is 0 Å². The highest BCUT2D eigenvalue weighted by Gasteiger charge is 2.26. The normalized spacial score (nSPS) is 14.3. The summed E-state index contributed by atoms with van der Waals surface area (Å²) >= 11 is 0. The number of nitrogens with zero attached hydrogens (tertiary/aromatic N) is 1. The maximum absolute atomic E-state index is 13.2. The predicted molar refractivity (Wildman–Crippen MR) is 132 cm³/mol. The van der Waals surface area contributed by atoms with Gasteiger partial charge in [0.05, 0.1) is 0 Å². The van der Waals surface area contributed by atoms with E-state index in [0.29, 0.717) is 25.9 Å². The summed E-state index contributed by atoms with van der Waals surface area (Å²) in [5.74, 6) is 0.328. The van der Waals surface area contributed by atoms with Crippen LogP contribution in [0.5, 0.6) is 0 Å². The molecule has 4 rings (SSSR count). The molecule has 0 radical (unpaired) electrons. The van der Waals surface area contributed by atoms with Crippen LogP contribution < -0.4 is 5.32 Å². The summed E-state index contributed by atoms with van der Waals surface area (Å²) in [7, 11) is 0. The number of nitrogens with one attached hydrogen (secondary N) is 1. The Morgan fingerprint density at radius 3 is 1.85 bits per heavy atom. The molecule has 1 heterocycles. The van der Waals surface area contributed by atoms with Crippen LogP contribution >= 0.6 is 0 Å². The molecule has 0 unspecified atom stereocenters. The molecule has 0 aliphatic carbocycles. The highest BCUT2D eigenvalue weighted by molar-refractivity contribution is 5.78. The fourth-order valence-electron chi connectivity index (χ4n) is 4.58. The van der Waals surface area contributed by atoms with Crippen LogP contribution in [0.3, 0.4) is 0 Å². The van der Waals surface area contributed by atoms with E-state index in [-0.39, 0.29) is 23.8 Å². The average Bonchev–Trinajstić information content (AvgIpc) is 2.88. The van der Waals surface area contributed by atoms with Crippen molar-refractivity contribution in [3.05, 3.63) is 108 Å². The molecule has 0 atom stereocenters. The van der Waals surface area contributed by atoms with E-state index in [1.165, 1.54) is 5.56 Å². The van der Waals surface area contributed by atoms with E-state index < -0.39 is 0 Å². The van der Waals surface area contributed by atoms with Gasteiger partial charge >= 0.3 is 0 Å². The fraction of sp³-hybridized carbons (Fsp3) is 0.310. The summed E-state index contributed by atoms with van der Waals surface area (Å²) in [5.41, 5.74) is 3.51. The lowest BCUT2D eigenvalue weighted by molar-refractivity contribution is -0.132. The van der Waals surface area contributed by atoms with E-state index in [1.807, 2.05) is 59.5 Å². The lowest BCUT2D eigenvalue weighted by atomic mass is 9.88. The first-order valence-corrected chi connectivity index (χ1v) is 11.9. The van der Waals surface area contributed by atoms with Crippen LogP contribution in [0.25, 0.3) is 0 Å². The number of aryl methyl sites for hydroxylation is 1. The van der Waals surface area contributed by atoms with Crippen molar-refractivity contribution in [2.24, 2.45) is 0 Å². The van der Waals surface area contributed by atoms with Crippen molar-refractivity contribution in [1.29, 1.82) is 0 Å². The number of benzene rings is 3. The Hall–Kier alpha value is -3.40. The first kappa shape index (κ1) is 22.8. The number of carbonyl (C=O) groups is 2. The molecule has 4 heteroatoms. The summed E-state index contributed by atoms with van der Waals surface area (Å²) in [6, 6.07) is 30.8. The second-order valence-electron chi connectivity index (χ2n) is 8.79. The molecular formula is C29H32N2O2. The predicted octanol–water partition coefficient (Wildman–Crippen LogP) is 4.95. The number of rotatable bonds is 8. The quantitative estimate of drug-likeness (QED) is 0.539. The maximum atomic E-state index is 13.2. The van der Waals surface area contributed by atoms with E-state index >= 15 is 0 Å². The van der Waals surface area contributed by atoms with E-state index in [2.05, 4.69) is 41.7 Å². The lowest BCUT2D eigenvalue weighted by Gasteiger charge is -2.33. The van der Waals surface area contributed by atoms with Crippen LogP contribution in [-0.4, -0.2) is 35.8 Å². The molecule has 1 aliphatic heterocycles. The Morgan fingerprint density at radius 1 is 0.788 bits per heavy atom. The fourth-order valence-corrected chi connectivity index (χ4v) is 4.58. The summed E-state index contributed by atoms with van der Waals surface area (Å²) in [4.78, 5) is 27.5. The van der Waals surface area contributed by atoms with Crippen molar-refractivity contribution < 1.29 is 9.59 Å². The lowest BCUT2D eigenvalue weighted by Crippen LogP contribution is -2.46. The second kappa shape index (κ2) is 11.5. The summed E-state index contributed by atoms with van der Waals surface area (Å²) < 4.78 is 0. The monoisotopic (exact) mass is 440 g/mol. The number of piperidine rings is 1. The van der Waals surface area contributed by atoms with Gasteiger partial charge < -0.3 is 10.2 Å². The zero-order valence-corrected chi connectivity index (χ0v) is 19.0. The standard InChI is InChI=1S/C29H32N2O2/c32-28(17-16-23-10-4-1-5-11-23)30-26-18-20-31(21-19-26)29(33)22-27(24-12-6-2-7-13-24)25-14-8-3-9-15-25/h1-15,26-27H,16-22H2,(H,30,32). The molecule has 4 nitrogen and oxygen atoms in total. The first-order chi connectivity index (χ1) is 16.2. The van der Waals surface area contributed by atoms with Crippen LogP contribution in [0.15, 0.2) is 91.0 Å². The topological polar surface area (TPSA) is 49.4 Å². The summed E-state index contributed by atoms with van der Waals surface area (Å²) in [5, 5.41) is 3.16. The minimum absolute atomic E-state index is 0.0512. The SMILES string of the molecule is O=C(CCc1ccccc1)NC1CCN(C(=O)CC(c2ccccc2)c2ccccc2)CC1. The molecule has 170 valence electrons. The molecule has 0 bridgehead atoms. The highest BCUT2D eigenvalue weighted by Crippen LogP contribution is 2.29. The van der Waals surface area contributed by atoms with Gasteiger partial charge in [-0.15, -0.1) is 0 Å². The number of hydrogen-bond donors (Lipinski definition) is 1. The van der Waals surface area contributed by atoms with Crippen molar-refractivity contribution in [2.75, 3.05) is 13.1 Å². The van der Waals surface area contributed by atoms with Crippen LogP contribution in [0.4, 0.5) is 0 Å². The van der Waals surface area contributed by atoms with Crippen molar-refractivity contribution in [1.82, 2.24) is 10.2 Å². The van der Waals surface area contributed by atoms with Crippen molar-refractivity contribution >= 4 is 11.8 Å². The maximum Gasteiger partial charge on any atom is 0.223 e. The third-order valence-electron chi connectivity index (χ3n) is 6.48. The molecular weight excluding hydrogens is 408 g/mol. The number of amides is 2. The van der Waals surface area contributed by atoms with Crippen molar-refractivity contribution in [3.63, 3.8) is 0 Å². The molecule has 0 saturated carbocycles. The van der Waals surface area contributed by atoms with E-state index in [1.54, 1.807) is 0 Å². The molecule has 0 aromatic heterocycles. The van der Waals surface area contributed by atoms with E-state index in [4.69, 9.17) is 0 Å². The summed E-state index contributed by atoms with van der Waals surface area (Å²) in [6.07, 6.45) is 3.33. The Bertz CT molecular complexity index is 974.